The van der Waals surface area contributed by atoms with E-state index in [4.69, 9.17) is 4.74 Å². The molecule has 0 radical (unpaired) electrons. The van der Waals surface area contributed by atoms with Crippen LogP contribution in [0.5, 0.6) is 0 Å². The molecule has 0 aromatic carbocycles. The van der Waals surface area contributed by atoms with Gasteiger partial charge in [0, 0.05) is 35.5 Å². The third kappa shape index (κ3) is 2.59. The summed E-state index contributed by atoms with van der Waals surface area (Å²) >= 11 is 0. The zero-order valence-corrected chi connectivity index (χ0v) is 11.6. The zero-order chi connectivity index (χ0) is 14.8. The Hall–Kier alpha value is -2.41. The van der Waals surface area contributed by atoms with Gasteiger partial charge in [-0.15, -0.1) is 0 Å². The predicted octanol–water partition coefficient (Wildman–Crippen LogP) is 0.0363. The lowest BCUT2D eigenvalue weighted by Gasteiger charge is -2.33. The Morgan fingerprint density at radius 2 is 2.43 bits per heavy atom. The van der Waals surface area contributed by atoms with Crippen molar-refractivity contribution in [3.63, 3.8) is 0 Å². The minimum absolute atomic E-state index is 0.117. The van der Waals surface area contributed by atoms with Crippen LogP contribution >= 0.6 is 0 Å². The lowest BCUT2D eigenvalue weighted by molar-refractivity contribution is -0.155. The minimum atomic E-state index is -0.596. The first-order valence-corrected chi connectivity index (χ1v) is 6.68. The van der Waals surface area contributed by atoms with Crippen molar-refractivity contribution in [2.75, 3.05) is 20.2 Å². The Morgan fingerprint density at radius 1 is 1.57 bits per heavy atom. The van der Waals surface area contributed by atoms with Crippen LogP contribution in [0.4, 0.5) is 0 Å². The first-order valence-electron chi connectivity index (χ1n) is 6.68. The molecule has 110 valence electrons. The fourth-order valence-corrected chi connectivity index (χ4v) is 2.55. The summed E-state index contributed by atoms with van der Waals surface area (Å²) in [4.78, 5) is 32.7. The number of aromatic nitrogens is 2. The molecular weight excluding hydrogens is 272 g/mol. The number of rotatable bonds is 3. The van der Waals surface area contributed by atoms with Crippen LogP contribution < -0.4 is 5.32 Å². The highest BCUT2D eigenvalue weighted by Crippen LogP contribution is 2.17. The van der Waals surface area contributed by atoms with E-state index in [9.17, 15) is 9.59 Å². The van der Waals surface area contributed by atoms with Crippen molar-refractivity contribution in [1.82, 2.24) is 20.2 Å². The fourth-order valence-electron chi connectivity index (χ4n) is 2.55. The van der Waals surface area contributed by atoms with Crippen molar-refractivity contribution in [1.29, 1.82) is 0 Å². The number of aromatic amines is 1. The fraction of sp³-hybridized carbons (Fsp3) is 0.357. The maximum absolute atomic E-state index is 12.1. The number of hydrogen-bond donors (Lipinski definition) is 2. The lowest BCUT2D eigenvalue weighted by Crippen LogP contribution is -2.57. The number of H-pyrrole nitrogens is 1. The molecule has 0 saturated carbocycles. The van der Waals surface area contributed by atoms with Crippen molar-refractivity contribution in [3.8, 4) is 0 Å². The van der Waals surface area contributed by atoms with E-state index in [1.54, 1.807) is 17.3 Å². The van der Waals surface area contributed by atoms with Gasteiger partial charge in [-0.05, 0) is 12.1 Å². The van der Waals surface area contributed by atoms with Crippen LogP contribution in [-0.4, -0.2) is 53.0 Å². The van der Waals surface area contributed by atoms with Gasteiger partial charge in [0.1, 0.15) is 6.04 Å². The highest BCUT2D eigenvalue weighted by atomic mass is 16.5. The van der Waals surface area contributed by atoms with E-state index >= 15 is 0 Å². The van der Waals surface area contributed by atoms with Crippen molar-refractivity contribution in [2.45, 2.75) is 12.6 Å². The van der Waals surface area contributed by atoms with Crippen LogP contribution in [0, 0.1) is 0 Å². The molecule has 2 aromatic heterocycles. The Bertz CT molecular complexity index is 649. The maximum Gasteiger partial charge on any atom is 0.329 e. The molecule has 21 heavy (non-hydrogen) atoms. The number of nitrogens with one attached hydrogen (secondary N) is 2. The molecule has 1 fully saturated rings. The highest BCUT2D eigenvalue weighted by Gasteiger charge is 2.34. The monoisotopic (exact) mass is 288 g/mol. The van der Waals surface area contributed by atoms with Gasteiger partial charge in [-0.3, -0.25) is 9.78 Å². The van der Waals surface area contributed by atoms with Gasteiger partial charge in [-0.2, -0.15) is 0 Å². The van der Waals surface area contributed by atoms with Gasteiger partial charge in [0.05, 0.1) is 20.2 Å². The summed E-state index contributed by atoms with van der Waals surface area (Å²) in [6.45, 7) is 0.977. The van der Waals surface area contributed by atoms with E-state index in [0.717, 1.165) is 16.6 Å². The predicted molar refractivity (Wildman–Crippen MR) is 75.3 cm³/mol. The number of fused-ring (bicyclic) bond motifs is 1. The second-order valence-electron chi connectivity index (χ2n) is 4.95. The molecule has 1 aliphatic rings. The summed E-state index contributed by atoms with van der Waals surface area (Å²) in [7, 11) is 1.33. The highest BCUT2D eigenvalue weighted by molar-refractivity contribution is 5.87. The van der Waals surface area contributed by atoms with E-state index in [-0.39, 0.29) is 12.5 Å². The normalized spacial score (nSPS) is 19.0. The number of ether oxygens (including phenoxy) is 1. The van der Waals surface area contributed by atoms with Crippen LogP contribution in [0.25, 0.3) is 10.9 Å². The SMILES string of the molecule is COC(=O)C1CNCC(=O)N1Cc1cc2cnccc2[nH]1. The summed E-state index contributed by atoms with van der Waals surface area (Å²) < 4.78 is 4.77. The van der Waals surface area contributed by atoms with Crippen LogP contribution in [0.2, 0.25) is 0 Å². The molecule has 1 saturated heterocycles. The zero-order valence-electron chi connectivity index (χ0n) is 11.6. The quantitative estimate of drug-likeness (QED) is 0.778. The minimum Gasteiger partial charge on any atom is -0.467 e. The first kappa shape index (κ1) is 13.6. The van der Waals surface area contributed by atoms with Gasteiger partial charge in [-0.1, -0.05) is 0 Å². The molecule has 2 aromatic rings. The summed E-state index contributed by atoms with van der Waals surface area (Å²) in [5.41, 5.74) is 1.82. The Morgan fingerprint density at radius 3 is 3.19 bits per heavy atom. The molecule has 7 nitrogen and oxygen atoms in total. The Balaban J connectivity index is 1.85. The number of hydrogen-bond acceptors (Lipinski definition) is 5. The molecule has 1 amide bonds. The number of nitrogens with zero attached hydrogens (tertiary/aromatic N) is 2. The van der Waals surface area contributed by atoms with E-state index < -0.39 is 12.0 Å². The van der Waals surface area contributed by atoms with Crippen LogP contribution in [-0.2, 0) is 20.9 Å². The van der Waals surface area contributed by atoms with Crippen molar-refractivity contribution in [3.05, 3.63) is 30.2 Å². The van der Waals surface area contributed by atoms with E-state index in [1.165, 1.54) is 7.11 Å². The van der Waals surface area contributed by atoms with Gasteiger partial charge in [-0.25, -0.2) is 4.79 Å². The molecular formula is C14H16N4O3. The number of carbonyl (C=O) groups excluding carboxylic acids is 2. The molecule has 1 aliphatic heterocycles. The van der Waals surface area contributed by atoms with Crippen molar-refractivity contribution < 1.29 is 14.3 Å². The molecule has 7 heteroatoms. The lowest BCUT2D eigenvalue weighted by atomic mass is 10.1. The first-order chi connectivity index (χ1) is 10.2. The number of esters is 1. The van der Waals surface area contributed by atoms with E-state index in [0.29, 0.717) is 13.1 Å². The summed E-state index contributed by atoms with van der Waals surface area (Å²) in [6, 6.07) is 3.21. The van der Waals surface area contributed by atoms with Gasteiger partial charge in [0.2, 0.25) is 5.91 Å². The largest absolute Gasteiger partial charge is 0.467 e. The maximum atomic E-state index is 12.1. The van der Waals surface area contributed by atoms with Crippen LogP contribution in [0.3, 0.4) is 0 Å². The third-order valence-electron chi connectivity index (χ3n) is 3.60. The van der Waals surface area contributed by atoms with Crippen LogP contribution in [0.1, 0.15) is 5.69 Å². The molecule has 1 unspecified atom stereocenters. The summed E-state index contributed by atoms with van der Waals surface area (Å²) in [5.74, 6) is -0.526. The second kappa shape index (κ2) is 5.53. The summed E-state index contributed by atoms with van der Waals surface area (Å²) in [6.07, 6.45) is 3.46. The molecule has 0 aliphatic carbocycles. The third-order valence-corrected chi connectivity index (χ3v) is 3.60. The second-order valence-corrected chi connectivity index (χ2v) is 4.95. The standard InChI is InChI=1S/C14H16N4O3/c1-21-14(20)12-6-16-7-13(19)18(12)8-10-4-9-5-15-3-2-11(9)17-10/h2-5,12,16-17H,6-8H2,1H3. The van der Waals surface area contributed by atoms with E-state index in [1.807, 2.05) is 12.1 Å². The van der Waals surface area contributed by atoms with E-state index in [2.05, 4.69) is 15.3 Å². The number of amides is 1. The average Bonchev–Trinajstić information content (AvgIpc) is 2.91. The molecule has 0 bridgehead atoms. The number of pyridine rings is 1. The molecule has 3 rings (SSSR count). The number of methoxy groups -OCH3 is 1. The summed E-state index contributed by atoms with van der Waals surface area (Å²) in [5, 5.41) is 3.91. The van der Waals surface area contributed by atoms with Gasteiger partial charge in [0.15, 0.2) is 0 Å². The van der Waals surface area contributed by atoms with Crippen molar-refractivity contribution in [2.24, 2.45) is 0 Å². The average molecular weight is 288 g/mol. The topological polar surface area (TPSA) is 87.3 Å². The van der Waals surface area contributed by atoms with Gasteiger partial charge in [0.25, 0.3) is 0 Å². The Labute approximate surface area is 121 Å². The molecule has 3 heterocycles. The smallest absolute Gasteiger partial charge is 0.329 e. The van der Waals surface area contributed by atoms with Crippen LogP contribution in [0.15, 0.2) is 24.5 Å². The van der Waals surface area contributed by atoms with Gasteiger partial charge < -0.3 is 19.9 Å². The molecule has 0 spiro atoms. The number of carbonyl (C=O) groups is 2. The number of piperazine rings is 1. The van der Waals surface area contributed by atoms with Gasteiger partial charge >= 0.3 is 5.97 Å². The molecule has 1 atom stereocenters. The Kier molecular flexibility index (Phi) is 3.57. The van der Waals surface area contributed by atoms with Crippen molar-refractivity contribution >= 4 is 22.8 Å². The molecule has 2 N–H and O–H groups in total.